The number of halogens is 1. The van der Waals surface area contributed by atoms with Crippen molar-refractivity contribution in [2.24, 2.45) is 0 Å². The summed E-state index contributed by atoms with van der Waals surface area (Å²) in [5.41, 5.74) is 0. The normalized spacial score (nSPS) is 9.57. The average molecular weight is 183 g/mol. The van der Waals surface area contributed by atoms with Gasteiger partial charge in [0, 0.05) is 4.75 Å². The van der Waals surface area contributed by atoms with Crippen molar-refractivity contribution < 1.29 is 0 Å². The fourth-order valence-electron chi connectivity index (χ4n) is 0. The second kappa shape index (κ2) is 3.56. The van der Waals surface area contributed by atoms with Gasteiger partial charge in [0.15, 0.2) is 0 Å². The monoisotopic (exact) mass is 182 g/mol. The highest BCUT2D eigenvalue weighted by atomic mass is 79.9. The van der Waals surface area contributed by atoms with E-state index in [1.54, 1.807) is 6.08 Å². The molecule has 0 aliphatic carbocycles. The standard InChI is InChI=1S/C5H10S.BrH/c1-4-5(2,3)6;/h4,6H,1H2,2-3H3;1H. The van der Waals surface area contributed by atoms with E-state index < -0.39 is 0 Å². The van der Waals surface area contributed by atoms with Gasteiger partial charge in [0.05, 0.1) is 0 Å². The Morgan fingerprint density at radius 2 is 1.71 bits per heavy atom. The third kappa shape index (κ3) is 10.8. The maximum atomic E-state index is 4.14. The predicted octanol–water partition coefficient (Wildman–Crippen LogP) is 2.46. The Hall–Kier alpha value is 0.570. The van der Waals surface area contributed by atoms with Crippen molar-refractivity contribution in [3.05, 3.63) is 12.7 Å². The van der Waals surface area contributed by atoms with Gasteiger partial charge in [-0.1, -0.05) is 6.08 Å². The molecule has 0 aliphatic heterocycles. The molecule has 44 valence electrons. The van der Waals surface area contributed by atoms with Crippen molar-refractivity contribution in [2.45, 2.75) is 18.6 Å². The largest absolute Gasteiger partial charge is 0.169 e. The Balaban J connectivity index is 0. The molecule has 0 saturated carbocycles. The van der Waals surface area contributed by atoms with Gasteiger partial charge in [0.2, 0.25) is 0 Å². The van der Waals surface area contributed by atoms with Crippen LogP contribution >= 0.6 is 29.6 Å². The summed E-state index contributed by atoms with van der Waals surface area (Å²) in [5, 5.41) is 0. The van der Waals surface area contributed by atoms with Gasteiger partial charge in [0.25, 0.3) is 0 Å². The summed E-state index contributed by atoms with van der Waals surface area (Å²) in [4.78, 5) is 0. The zero-order valence-electron chi connectivity index (χ0n) is 4.64. The topological polar surface area (TPSA) is 0 Å². The van der Waals surface area contributed by atoms with E-state index >= 15 is 0 Å². The van der Waals surface area contributed by atoms with Crippen LogP contribution in [0, 0.1) is 0 Å². The molecule has 7 heavy (non-hydrogen) atoms. The zero-order valence-corrected chi connectivity index (χ0v) is 7.25. The van der Waals surface area contributed by atoms with Gasteiger partial charge in [-0.15, -0.1) is 23.6 Å². The summed E-state index contributed by atoms with van der Waals surface area (Å²) in [6.07, 6.45) is 1.80. The van der Waals surface area contributed by atoms with Crippen LogP contribution in [0.25, 0.3) is 0 Å². The molecule has 0 aromatic rings. The Morgan fingerprint density at radius 3 is 1.71 bits per heavy atom. The molecule has 0 N–H and O–H groups in total. The van der Waals surface area contributed by atoms with E-state index in [4.69, 9.17) is 0 Å². The molecular formula is C5H11BrS. The van der Waals surface area contributed by atoms with Crippen LogP contribution in [0.1, 0.15) is 13.8 Å². The van der Waals surface area contributed by atoms with E-state index in [1.165, 1.54) is 0 Å². The lowest BCUT2D eigenvalue weighted by Gasteiger charge is -2.07. The summed E-state index contributed by atoms with van der Waals surface area (Å²) < 4.78 is 0. The van der Waals surface area contributed by atoms with Gasteiger partial charge in [-0.2, -0.15) is 12.6 Å². The molecule has 0 radical (unpaired) electrons. The molecule has 0 spiro atoms. The molecule has 0 saturated heterocycles. The summed E-state index contributed by atoms with van der Waals surface area (Å²) in [6, 6.07) is 0. The van der Waals surface area contributed by atoms with Gasteiger partial charge in [-0.05, 0) is 13.8 Å². The maximum absolute atomic E-state index is 4.14. The molecule has 0 aromatic heterocycles. The first kappa shape index (κ1) is 10.5. The van der Waals surface area contributed by atoms with Crippen molar-refractivity contribution in [3.8, 4) is 0 Å². The highest BCUT2D eigenvalue weighted by Gasteiger charge is 2.01. The number of hydrogen-bond acceptors (Lipinski definition) is 1. The molecule has 0 amide bonds. The first-order chi connectivity index (χ1) is 2.56. The lowest BCUT2D eigenvalue weighted by Crippen LogP contribution is -2.02. The highest BCUT2D eigenvalue weighted by molar-refractivity contribution is 8.93. The Labute approximate surface area is 61.2 Å². The fraction of sp³-hybridized carbons (Fsp3) is 0.600. The minimum atomic E-state index is 0. The zero-order chi connectivity index (χ0) is 5.21. The van der Waals surface area contributed by atoms with E-state index in [0.29, 0.717) is 0 Å². The third-order valence-electron chi connectivity index (χ3n) is 0.500. The van der Waals surface area contributed by atoms with Crippen molar-refractivity contribution in [3.63, 3.8) is 0 Å². The van der Waals surface area contributed by atoms with Gasteiger partial charge in [-0.3, -0.25) is 0 Å². The predicted molar refractivity (Wildman–Crippen MR) is 43.6 cm³/mol. The number of thiol groups is 1. The van der Waals surface area contributed by atoms with Crippen LogP contribution in [0.2, 0.25) is 0 Å². The van der Waals surface area contributed by atoms with Gasteiger partial charge < -0.3 is 0 Å². The van der Waals surface area contributed by atoms with E-state index in [1.807, 2.05) is 13.8 Å². The lowest BCUT2D eigenvalue weighted by atomic mass is 10.2. The van der Waals surface area contributed by atoms with E-state index in [2.05, 4.69) is 19.2 Å². The number of rotatable bonds is 1. The van der Waals surface area contributed by atoms with Crippen molar-refractivity contribution in [2.75, 3.05) is 0 Å². The summed E-state index contributed by atoms with van der Waals surface area (Å²) in [6.45, 7) is 7.53. The SMILES string of the molecule is Br.C=CC(C)(C)S. The van der Waals surface area contributed by atoms with E-state index in [9.17, 15) is 0 Å². The molecule has 0 aromatic carbocycles. The second-order valence-electron chi connectivity index (χ2n) is 1.86. The summed E-state index contributed by atoms with van der Waals surface area (Å²) >= 11 is 4.14. The molecule has 0 aliphatic rings. The maximum Gasteiger partial charge on any atom is 0.0249 e. The molecule has 0 atom stereocenters. The smallest absolute Gasteiger partial charge is 0.0249 e. The molecule has 2 heteroatoms. The van der Waals surface area contributed by atoms with Gasteiger partial charge in [-0.25, -0.2) is 0 Å². The van der Waals surface area contributed by atoms with Crippen LogP contribution in [0.15, 0.2) is 12.7 Å². The quantitative estimate of drug-likeness (QED) is 0.468. The minimum Gasteiger partial charge on any atom is -0.169 e. The van der Waals surface area contributed by atoms with Crippen LogP contribution < -0.4 is 0 Å². The highest BCUT2D eigenvalue weighted by Crippen LogP contribution is 2.10. The fourth-order valence-corrected chi connectivity index (χ4v) is 0. The molecule has 0 bridgehead atoms. The minimum absolute atomic E-state index is 0. The molecular weight excluding hydrogens is 172 g/mol. The van der Waals surface area contributed by atoms with Crippen molar-refractivity contribution >= 4 is 29.6 Å². The molecule has 0 heterocycles. The first-order valence-corrected chi connectivity index (χ1v) is 2.37. The van der Waals surface area contributed by atoms with Crippen molar-refractivity contribution in [1.29, 1.82) is 0 Å². The lowest BCUT2D eigenvalue weighted by molar-refractivity contribution is 0.912. The first-order valence-electron chi connectivity index (χ1n) is 1.92. The van der Waals surface area contributed by atoms with E-state index in [-0.39, 0.29) is 21.7 Å². The number of hydrogen-bond donors (Lipinski definition) is 1. The average Bonchev–Trinajstić information content (AvgIpc) is 1.35. The van der Waals surface area contributed by atoms with Gasteiger partial charge in [0.1, 0.15) is 0 Å². The summed E-state index contributed by atoms with van der Waals surface area (Å²) in [7, 11) is 0. The van der Waals surface area contributed by atoms with E-state index in [0.717, 1.165) is 0 Å². The molecule has 0 rings (SSSR count). The second-order valence-corrected chi connectivity index (χ2v) is 3.01. The van der Waals surface area contributed by atoms with Crippen LogP contribution in [-0.2, 0) is 0 Å². The molecule has 0 unspecified atom stereocenters. The van der Waals surface area contributed by atoms with Gasteiger partial charge >= 0.3 is 0 Å². The summed E-state index contributed by atoms with van der Waals surface area (Å²) in [5.74, 6) is 0. The Bertz CT molecular complexity index is 53.6. The molecule has 0 nitrogen and oxygen atoms in total. The van der Waals surface area contributed by atoms with Crippen LogP contribution in [0.4, 0.5) is 0 Å². The Kier molecular flexibility index (Phi) is 5.35. The Morgan fingerprint density at radius 1 is 1.57 bits per heavy atom. The molecule has 0 fully saturated rings. The van der Waals surface area contributed by atoms with Crippen molar-refractivity contribution in [1.82, 2.24) is 0 Å². The van der Waals surface area contributed by atoms with Crippen LogP contribution in [-0.4, -0.2) is 4.75 Å². The van der Waals surface area contributed by atoms with Crippen LogP contribution in [0.5, 0.6) is 0 Å². The van der Waals surface area contributed by atoms with Crippen LogP contribution in [0.3, 0.4) is 0 Å². The third-order valence-corrected chi connectivity index (χ3v) is 0.682.